The fourth-order valence-electron chi connectivity index (χ4n) is 2.63. The SMILES string of the molecule is O=C(C=Cc1cccc(Cl)c1)NC1CCCCCCC1. The van der Waals surface area contributed by atoms with E-state index in [4.69, 9.17) is 11.6 Å². The molecule has 1 fully saturated rings. The molecule has 3 heteroatoms. The van der Waals surface area contributed by atoms with Crippen molar-refractivity contribution in [1.29, 1.82) is 0 Å². The summed E-state index contributed by atoms with van der Waals surface area (Å²) in [5.74, 6) is -0.00412. The molecule has 1 aromatic rings. The fourth-order valence-corrected chi connectivity index (χ4v) is 2.83. The molecule has 1 amide bonds. The van der Waals surface area contributed by atoms with Gasteiger partial charge >= 0.3 is 0 Å². The van der Waals surface area contributed by atoms with Crippen LogP contribution >= 0.6 is 11.6 Å². The van der Waals surface area contributed by atoms with E-state index < -0.39 is 0 Å². The average Bonchev–Trinajstić information content (AvgIpc) is 2.39. The molecule has 0 aromatic heterocycles. The highest BCUT2D eigenvalue weighted by Crippen LogP contribution is 2.17. The Hall–Kier alpha value is -1.28. The monoisotopic (exact) mass is 291 g/mol. The van der Waals surface area contributed by atoms with Gasteiger partial charge in [-0.3, -0.25) is 4.79 Å². The lowest BCUT2D eigenvalue weighted by Crippen LogP contribution is -2.34. The largest absolute Gasteiger partial charge is 0.350 e. The van der Waals surface area contributed by atoms with Crippen molar-refractivity contribution in [2.75, 3.05) is 0 Å². The third kappa shape index (κ3) is 5.38. The zero-order valence-electron chi connectivity index (χ0n) is 11.8. The Labute approximate surface area is 126 Å². The second-order valence-corrected chi connectivity index (χ2v) is 5.88. The van der Waals surface area contributed by atoms with Gasteiger partial charge in [0.05, 0.1) is 0 Å². The zero-order valence-corrected chi connectivity index (χ0v) is 12.5. The topological polar surface area (TPSA) is 29.1 Å². The molecule has 0 spiro atoms. The molecule has 1 aliphatic carbocycles. The quantitative estimate of drug-likeness (QED) is 0.811. The van der Waals surface area contributed by atoms with E-state index in [1.54, 1.807) is 6.08 Å². The second-order valence-electron chi connectivity index (χ2n) is 5.44. The highest BCUT2D eigenvalue weighted by atomic mass is 35.5. The van der Waals surface area contributed by atoms with Gasteiger partial charge in [0.1, 0.15) is 0 Å². The summed E-state index contributed by atoms with van der Waals surface area (Å²) in [5, 5.41) is 3.80. The molecule has 0 saturated heterocycles. The molecule has 20 heavy (non-hydrogen) atoms. The average molecular weight is 292 g/mol. The van der Waals surface area contributed by atoms with Gasteiger partial charge in [0, 0.05) is 17.1 Å². The lowest BCUT2D eigenvalue weighted by molar-refractivity contribution is -0.117. The summed E-state index contributed by atoms with van der Waals surface area (Å²) in [7, 11) is 0. The summed E-state index contributed by atoms with van der Waals surface area (Å²) in [5.41, 5.74) is 0.949. The van der Waals surface area contributed by atoms with Gasteiger partial charge in [0.2, 0.25) is 5.91 Å². The number of nitrogens with one attached hydrogen (secondary N) is 1. The minimum atomic E-state index is -0.00412. The normalized spacial score (nSPS) is 17.6. The van der Waals surface area contributed by atoms with Gasteiger partial charge in [0.25, 0.3) is 0 Å². The highest BCUT2D eigenvalue weighted by molar-refractivity contribution is 6.30. The van der Waals surface area contributed by atoms with Crippen LogP contribution in [0.2, 0.25) is 5.02 Å². The van der Waals surface area contributed by atoms with Crippen molar-refractivity contribution >= 4 is 23.6 Å². The van der Waals surface area contributed by atoms with Crippen molar-refractivity contribution in [3.05, 3.63) is 40.9 Å². The van der Waals surface area contributed by atoms with E-state index in [0.29, 0.717) is 11.1 Å². The third-order valence-electron chi connectivity index (χ3n) is 3.73. The molecule has 1 N–H and O–H groups in total. The van der Waals surface area contributed by atoms with Crippen LogP contribution in [0.5, 0.6) is 0 Å². The maximum atomic E-state index is 11.9. The predicted molar refractivity (Wildman–Crippen MR) is 84.7 cm³/mol. The first kappa shape index (κ1) is 15.1. The minimum Gasteiger partial charge on any atom is -0.350 e. The van der Waals surface area contributed by atoms with Gasteiger partial charge < -0.3 is 5.32 Å². The van der Waals surface area contributed by atoms with Crippen LogP contribution < -0.4 is 5.32 Å². The van der Waals surface area contributed by atoms with E-state index in [1.807, 2.05) is 30.3 Å². The van der Waals surface area contributed by atoms with Crippen molar-refractivity contribution in [1.82, 2.24) is 5.32 Å². The number of carbonyl (C=O) groups excluding carboxylic acids is 1. The standard InChI is InChI=1S/C17H22ClNO/c18-15-8-6-7-14(13-15)11-12-17(20)19-16-9-4-2-1-3-5-10-16/h6-8,11-13,16H,1-5,9-10H2,(H,19,20). The Morgan fingerprint density at radius 1 is 1.15 bits per heavy atom. The Kier molecular flexibility index (Phi) is 6.13. The molecule has 0 aliphatic heterocycles. The Bertz CT molecular complexity index is 462. The molecule has 0 unspecified atom stereocenters. The molecule has 2 rings (SSSR count). The van der Waals surface area contributed by atoms with Crippen molar-refractivity contribution < 1.29 is 4.79 Å². The smallest absolute Gasteiger partial charge is 0.244 e. The number of carbonyl (C=O) groups is 1. The van der Waals surface area contributed by atoms with Gasteiger partial charge in [-0.25, -0.2) is 0 Å². The summed E-state index contributed by atoms with van der Waals surface area (Å²) < 4.78 is 0. The van der Waals surface area contributed by atoms with Crippen LogP contribution in [0.1, 0.15) is 50.5 Å². The number of rotatable bonds is 3. The number of benzene rings is 1. The molecular weight excluding hydrogens is 270 g/mol. The summed E-state index contributed by atoms with van der Waals surface area (Å²) in [6.45, 7) is 0. The van der Waals surface area contributed by atoms with Crippen molar-refractivity contribution in [2.24, 2.45) is 0 Å². The van der Waals surface area contributed by atoms with E-state index >= 15 is 0 Å². The Balaban J connectivity index is 1.84. The molecule has 0 heterocycles. The first-order chi connectivity index (χ1) is 9.74. The fraction of sp³-hybridized carbons (Fsp3) is 0.471. The second kappa shape index (κ2) is 8.11. The van der Waals surface area contributed by atoms with E-state index in [1.165, 1.54) is 32.1 Å². The van der Waals surface area contributed by atoms with Crippen LogP contribution in [-0.4, -0.2) is 11.9 Å². The molecular formula is C17H22ClNO. The van der Waals surface area contributed by atoms with Crippen LogP contribution in [-0.2, 0) is 4.79 Å². The van der Waals surface area contributed by atoms with Crippen molar-refractivity contribution in [3.8, 4) is 0 Å². The first-order valence-electron chi connectivity index (χ1n) is 7.48. The van der Waals surface area contributed by atoms with E-state index in [0.717, 1.165) is 18.4 Å². The number of hydrogen-bond donors (Lipinski definition) is 1. The first-order valence-corrected chi connectivity index (χ1v) is 7.86. The lowest BCUT2D eigenvalue weighted by Gasteiger charge is -2.20. The van der Waals surface area contributed by atoms with Crippen LogP contribution in [0.15, 0.2) is 30.3 Å². The molecule has 2 nitrogen and oxygen atoms in total. The van der Waals surface area contributed by atoms with Crippen LogP contribution in [0, 0.1) is 0 Å². The maximum Gasteiger partial charge on any atom is 0.244 e. The molecule has 0 atom stereocenters. The number of hydrogen-bond acceptors (Lipinski definition) is 1. The van der Waals surface area contributed by atoms with Crippen LogP contribution in [0.3, 0.4) is 0 Å². The highest BCUT2D eigenvalue weighted by Gasteiger charge is 2.12. The van der Waals surface area contributed by atoms with Gasteiger partial charge in [-0.15, -0.1) is 0 Å². The molecule has 0 bridgehead atoms. The summed E-state index contributed by atoms with van der Waals surface area (Å²) in [6.07, 6.45) is 12.0. The van der Waals surface area contributed by atoms with Crippen molar-refractivity contribution in [2.45, 2.75) is 51.0 Å². The molecule has 108 valence electrons. The van der Waals surface area contributed by atoms with Gasteiger partial charge in [-0.05, 0) is 36.6 Å². The maximum absolute atomic E-state index is 11.9. The minimum absolute atomic E-state index is 0.00412. The Morgan fingerprint density at radius 2 is 1.85 bits per heavy atom. The van der Waals surface area contributed by atoms with E-state index in [-0.39, 0.29) is 5.91 Å². The van der Waals surface area contributed by atoms with Gasteiger partial charge in [0.15, 0.2) is 0 Å². The van der Waals surface area contributed by atoms with Crippen LogP contribution in [0.4, 0.5) is 0 Å². The van der Waals surface area contributed by atoms with Crippen molar-refractivity contribution in [3.63, 3.8) is 0 Å². The molecule has 1 aromatic carbocycles. The molecule has 1 saturated carbocycles. The Morgan fingerprint density at radius 3 is 2.55 bits per heavy atom. The van der Waals surface area contributed by atoms with Crippen LogP contribution in [0.25, 0.3) is 6.08 Å². The lowest BCUT2D eigenvalue weighted by atomic mass is 9.97. The molecule has 1 aliphatic rings. The zero-order chi connectivity index (χ0) is 14.2. The van der Waals surface area contributed by atoms with Gasteiger partial charge in [-0.1, -0.05) is 55.8 Å². The molecule has 0 radical (unpaired) electrons. The summed E-state index contributed by atoms with van der Waals surface area (Å²) >= 11 is 5.91. The number of amides is 1. The van der Waals surface area contributed by atoms with E-state index in [9.17, 15) is 4.79 Å². The number of halogens is 1. The van der Waals surface area contributed by atoms with Gasteiger partial charge in [-0.2, -0.15) is 0 Å². The summed E-state index contributed by atoms with van der Waals surface area (Å²) in [6, 6.07) is 7.83. The predicted octanol–water partition coefficient (Wildman–Crippen LogP) is 4.58. The third-order valence-corrected chi connectivity index (χ3v) is 3.96. The van der Waals surface area contributed by atoms with E-state index in [2.05, 4.69) is 5.32 Å². The summed E-state index contributed by atoms with van der Waals surface area (Å²) in [4.78, 5) is 11.9.